The first-order valence-electron chi connectivity index (χ1n) is 15.7. The smallest absolute Gasteiger partial charge is 0.419 e. The zero-order valence-electron chi connectivity index (χ0n) is 27.1. The maximum Gasteiger partial charge on any atom is 0.419 e. The molecule has 0 unspecified atom stereocenters. The number of halogens is 5. The number of hydrogen-bond donors (Lipinski definition) is 3. The first kappa shape index (κ1) is 36.3. The van der Waals surface area contributed by atoms with Gasteiger partial charge < -0.3 is 25.5 Å². The van der Waals surface area contributed by atoms with Crippen LogP contribution in [0.1, 0.15) is 53.8 Å². The lowest BCUT2D eigenvalue weighted by Gasteiger charge is -2.27. The van der Waals surface area contributed by atoms with Crippen LogP contribution < -0.4 is 10.6 Å². The second-order valence-corrected chi connectivity index (χ2v) is 11.7. The van der Waals surface area contributed by atoms with Gasteiger partial charge in [0.1, 0.15) is 18.5 Å². The molecule has 0 amide bonds. The molecule has 5 aromatic rings. The summed E-state index contributed by atoms with van der Waals surface area (Å²) in [5.41, 5.74) is 10.4. The van der Waals surface area contributed by atoms with Crippen LogP contribution in [0.2, 0.25) is 0 Å². The summed E-state index contributed by atoms with van der Waals surface area (Å²) in [5.74, 6) is -2.73. The molecule has 6 rings (SSSR count). The number of ether oxygens (including phenoxy) is 1. The Balaban J connectivity index is 0.00000486. The molecule has 11 nitrogen and oxygen atoms in total. The molecule has 16 heteroatoms. The van der Waals surface area contributed by atoms with E-state index in [0.717, 1.165) is 29.2 Å². The number of nitrogens with zero attached hydrogens (tertiary/aromatic N) is 5. The summed E-state index contributed by atoms with van der Waals surface area (Å²) in [5, 5.41) is 14.5. The monoisotopic (exact) mass is 715 g/mol. The van der Waals surface area contributed by atoms with Crippen molar-refractivity contribution in [3.05, 3.63) is 88.3 Å². The Hall–Kier alpha value is -5.02. The van der Waals surface area contributed by atoms with Gasteiger partial charge in [-0.1, -0.05) is 32.0 Å². The van der Waals surface area contributed by atoms with E-state index in [1.165, 1.54) is 6.07 Å². The number of hydrogen-bond acceptors (Lipinski definition) is 8. The number of nitrogens with one attached hydrogen (secondary N) is 1. The fraction of sp³-hybridized carbons (Fsp3) is 0.324. The van der Waals surface area contributed by atoms with E-state index in [9.17, 15) is 22.8 Å². The molecule has 1 aliphatic rings. The minimum atomic E-state index is -4.58. The summed E-state index contributed by atoms with van der Waals surface area (Å²) >= 11 is 0. The lowest BCUT2D eigenvalue weighted by molar-refractivity contribution is -0.150. The number of benzene rings is 2. The molecule has 50 heavy (non-hydrogen) atoms. The van der Waals surface area contributed by atoms with E-state index in [1.807, 2.05) is 32.0 Å². The third kappa shape index (κ3) is 6.87. The van der Waals surface area contributed by atoms with Gasteiger partial charge in [0.05, 0.1) is 34.6 Å². The summed E-state index contributed by atoms with van der Waals surface area (Å²) in [6.07, 6.45) is -0.330. The van der Waals surface area contributed by atoms with Crippen LogP contribution in [0, 0.1) is 5.82 Å². The highest BCUT2D eigenvalue weighted by Gasteiger charge is 2.34. The molecule has 3 aromatic heterocycles. The number of aromatic nitrogens is 5. The molecule has 0 radical (unpaired) electrons. The number of H-pyrrole nitrogens is 1. The summed E-state index contributed by atoms with van der Waals surface area (Å²) in [4.78, 5) is 36.2. The minimum absolute atomic E-state index is 0. The third-order valence-electron chi connectivity index (χ3n) is 8.64. The maximum atomic E-state index is 16.6. The Morgan fingerprint density at radius 2 is 1.78 bits per heavy atom. The first-order chi connectivity index (χ1) is 23.4. The van der Waals surface area contributed by atoms with Gasteiger partial charge in [-0.3, -0.25) is 9.59 Å². The normalized spacial score (nSPS) is 13.5. The number of fused-ring (bicyclic) bond motifs is 2. The highest BCUT2D eigenvalue weighted by Crippen LogP contribution is 2.41. The number of aliphatic carboxylic acids is 1. The van der Waals surface area contributed by atoms with Crippen LogP contribution in [-0.4, -0.2) is 54.4 Å². The number of para-hydroxylation sites is 1. The number of alkyl halides is 3. The van der Waals surface area contributed by atoms with Gasteiger partial charge in [-0.05, 0) is 36.1 Å². The number of aromatic amines is 1. The first-order valence-corrected chi connectivity index (χ1v) is 15.7. The van der Waals surface area contributed by atoms with Gasteiger partial charge in [0.25, 0.3) is 0 Å². The van der Waals surface area contributed by atoms with Crippen molar-refractivity contribution >= 4 is 41.2 Å². The Morgan fingerprint density at radius 3 is 2.40 bits per heavy atom. The van der Waals surface area contributed by atoms with E-state index in [2.05, 4.69) is 15.0 Å². The molecule has 1 aliphatic heterocycles. The van der Waals surface area contributed by atoms with Crippen LogP contribution in [0.4, 0.5) is 23.5 Å². The maximum absolute atomic E-state index is 16.6. The minimum Gasteiger partial charge on any atom is -0.481 e. The Morgan fingerprint density at radius 1 is 1.10 bits per heavy atom. The highest BCUT2D eigenvalue weighted by molar-refractivity contribution is 5.98. The van der Waals surface area contributed by atoms with E-state index < -0.39 is 42.0 Å². The number of carbonyl (C=O) groups is 2. The van der Waals surface area contributed by atoms with Gasteiger partial charge in [-0.25, -0.2) is 19.0 Å². The number of carbonyl (C=O) groups excluding carboxylic acids is 1. The van der Waals surface area contributed by atoms with Crippen LogP contribution in [-0.2, 0) is 52.9 Å². The molecular formula is C34H34ClF4N7O4. The second-order valence-electron chi connectivity index (χ2n) is 11.7. The van der Waals surface area contributed by atoms with Crippen LogP contribution in [0.3, 0.4) is 0 Å². The molecule has 4 heterocycles. The lowest BCUT2D eigenvalue weighted by Crippen LogP contribution is -2.34. The summed E-state index contributed by atoms with van der Waals surface area (Å²) < 4.78 is 63.4. The molecule has 0 saturated carbocycles. The van der Waals surface area contributed by atoms with E-state index in [-0.39, 0.29) is 37.1 Å². The van der Waals surface area contributed by atoms with Gasteiger partial charge in [-0.2, -0.15) is 18.3 Å². The Bertz CT molecular complexity index is 2020. The van der Waals surface area contributed by atoms with Crippen molar-refractivity contribution in [3.8, 4) is 16.9 Å². The van der Waals surface area contributed by atoms with E-state index in [0.29, 0.717) is 59.2 Å². The van der Waals surface area contributed by atoms with Gasteiger partial charge in [0.15, 0.2) is 0 Å². The van der Waals surface area contributed by atoms with Crippen molar-refractivity contribution < 1.29 is 37.0 Å². The van der Waals surface area contributed by atoms with Gasteiger partial charge in [-0.15, -0.1) is 12.4 Å². The van der Waals surface area contributed by atoms with Gasteiger partial charge in [0, 0.05) is 60.2 Å². The molecule has 0 fully saturated rings. The van der Waals surface area contributed by atoms with Crippen LogP contribution >= 0.6 is 12.4 Å². The van der Waals surface area contributed by atoms with Crippen LogP contribution in [0.25, 0.3) is 27.8 Å². The number of carboxylic acid groups (broad SMARTS) is 1. The van der Waals surface area contributed by atoms with E-state index >= 15 is 4.39 Å². The topological polar surface area (TPSA) is 152 Å². The predicted molar refractivity (Wildman–Crippen MR) is 179 cm³/mol. The molecule has 0 saturated heterocycles. The molecule has 1 atom stereocenters. The van der Waals surface area contributed by atoms with Crippen LogP contribution in [0.15, 0.2) is 48.9 Å². The number of nitrogens with two attached hydrogens (primary N) is 1. The molecule has 4 N–H and O–H groups in total. The van der Waals surface area contributed by atoms with Crippen molar-refractivity contribution in [3.63, 3.8) is 0 Å². The van der Waals surface area contributed by atoms with Gasteiger partial charge in [0.2, 0.25) is 5.95 Å². The summed E-state index contributed by atoms with van der Waals surface area (Å²) in [7, 11) is 0. The van der Waals surface area contributed by atoms with Crippen molar-refractivity contribution in [2.75, 3.05) is 11.4 Å². The second kappa shape index (κ2) is 14.5. The third-order valence-corrected chi connectivity index (χ3v) is 8.64. The number of aryl methyl sites for hydroxylation is 2. The number of carboxylic acids is 1. The van der Waals surface area contributed by atoms with Crippen molar-refractivity contribution in [2.24, 2.45) is 5.73 Å². The lowest BCUT2D eigenvalue weighted by atomic mass is 9.95. The number of rotatable bonds is 10. The standard InChI is InChI=1S/C34H33F4N7O4.ClH/c1-3-18-6-5-7-19(4-2)30(18)45-31(23-16-44(11-9-26(23)43-45)33-41-14-21(15-42-33)34(36,37)38)28-22-8-10-40-29(22)20(12-24(28)35)17-49-32(48)25(39)13-27(46)47;/h5-8,10,12,14-15,25,40H,3-4,9,11,13,16-17,39H2,1-2H3,(H,46,47);1H/t25-;/m0./s1. The average Bonchev–Trinajstić information content (AvgIpc) is 3.71. The Labute approximate surface area is 289 Å². The SMILES string of the molecule is CCc1cccc(CC)c1-n1nc2c(c1-c1c(F)cc(COC(=O)[C@@H](N)CC(=O)O)c3[nH]ccc13)CN(c1ncc(C(F)(F)F)cn1)CC2.Cl. The number of anilines is 1. The highest BCUT2D eigenvalue weighted by atomic mass is 35.5. The van der Waals surface area contributed by atoms with Crippen molar-refractivity contribution in [1.29, 1.82) is 0 Å². The molecule has 0 bridgehead atoms. The molecule has 0 spiro atoms. The quantitative estimate of drug-likeness (QED) is 0.118. The molecular weight excluding hydrogens is 682 g/mol. The van der Waals surface area contributed by atoms with E-state index in [4.69, 9.17) is 20.7 Å². The summed E-state index contributed by atoms with van der Waals surface area (Å²) in [6, 6.07) is 7.53. The Kier molecular flexibility index (Phi) is 10.5. The zero-order valence-corrected chi connectivity index (χ0v) is 27.9. The summed E-state index contributed by atoms with van der Waals surface area (Å²) in [6.45, 7) is 4.21. The zero-order chi connectivity index (χ0) is 35.0. The fourth-order valence-corrected chi connectivity index (χ4v) is 6.23. The molecule has 264 valence electrons. The number of esters is 1. The fourth-order valence-electron chi connectivity index (χ4n) is 6.23. The molecule has 0 aliphatic carbocycles. The predicted octanol–water partition coefficient (Wildman–Crippen LogP) is 5.92. The molecule has 2 aromatic carbocycles. The van der Waals surface area contributed by atoms with Crippen LogP contribution in [0.5, 0.6) is 0 Å². The van der Waals surface area contributed by atoms with Crippen molar-refractivity contribution in [1.82, 2.24) is 24.7 Å². The largest absolute Gasteiger partial charge is 0.481 e. The van der Waals surface area contributed by atoms with Crippen molar-refractivity contribution in [2.45, 2.75) is 64.9 Å². The van der Waals surface area contributed by atoms with Gasteiger partial charge >= 0.3 is 18.1 Å². The van der Waals surface area contributed by atoms with E-state index in [1.54, 1.807) is 21.8 Å². The average molecular weight is 716 g/mol.